The first-order valence-electron chi connectivity index (χ1n) is 8.16. The van der Waals surface area contributed by atoms with E-state index < -0.39 is 5.97 Å². The highest BCUT2D eigenvalue weighted by Gasteiger charge is 2.11. The number of ether oxygens (including phenoxy) is 1. The Morgan fingerprint density at radius 3 is 2.42 bits per heavy atom. The fraction of sp³-hybridized carbons (Fsp3) is 0.158. The third kappa shape index (κ3) is 4.32. The highest BCUT2D eigenvalue weighted by Crippen LogP contribution is 2.11. The molecule has 3 aromatic rings. The zero-order valence-electron chi connectivity index (χ0n) is 14.3. The Hall–Kier alpha value is -3.48. The first kappa shape index (κ1) is 17.3. The number of carbonyl (C=O) groups is 2. The topological polar surface area (TPSA) is 86.1 Å². The van der Waals surface area contributed by atoms with Crippen LogP contribution in [0.2, 0.25) is 0 Å². The van der Waals surface area contributed by atoms with Crippen LogP contribution in [-0.4, -0.2) is 33.2 Å². The lowest BCUT2D eigenvalue weighted by Gasteiger charge is -2.08. The quantitative estimate of drug-likeness (QED) is 0.691. The predicted molar refractivity (Wildman–Crippen MR) is 96.1 cm³/mol. The maximum Gasteiger partial charge on any atom is 0.338 e. The Bertz CT molecular complexity index is 872. The standard InChI is InChI=1S/C19H18N4O3/c1-2-14-3-7-16(8-4-14)22-18(24)11-26-19(25)15-5-9-17(10-6-15)23-13-20-12-21-23/h3-10,12-13H,2,11H2,1H3,(H,22,24). The zero-order valence-corrected chi connectivity index (χ0v) is 14.3. The fourth-order valence-electron chi connectivity index (χ4n) is 2.33. The van der Waals surface area contributed by atoms with Gasteiger partial charge in [-0.25, -0.2) is 14.5 Å². The Morgan fingerprint density at radius 2 is 1.81 bits per heavy atom. The van der Waals surface area contributed by atoms with Crippen LogP contribution in [-0.2, 0) is 16.0 Å². The van der Waals surface area contributed by atoms with Crippen molar-refractivity contribution in [2.75, 3.05) is 11.9 Å². The number of esters is 1. The van der Waals surface area contributed by atoms with Gasteiger partial charge >= 0.3 is 5.97 Å². The Labute approximate surface area is 150 Å². The minimum Gasteiger partial charge on any atom is -0.452 e. The van der Waals surface area contributed by atoms with E-state index in [2.05, 4.69) is 22.3 Å². The molecule has 0 saturated carbocycles. The van der Waals surface area contributed by atoms with Crippen molar-refractivity contribution in [3.8, 4) is 5.69 Å². The van der Waals surface area contributed by atoms with Gasteiger partial charge in [0.1, 0.15) is 12.7 Å². The zero-order chi connectivity index (χ0) is 18.4. The second-order valence-corrected chi connectivity index (χ2v) is 5.56. The summed E-state index contributed by atoms with van der Waals surface area (Å²) in [6.07, 6.45) is 3.92. The molecule has 0 spiro atoms. The normalized spacial score (nSPS) is 10.3. The molecule has 0 unspecified atom stereocenters. The van der Waals surface area contributed by atoms with E-state index >= 15 is 0 Å². The maximum absolute atomic E-state index is 12.0. The predicted octanol–water partition coefficient (Wildman–Crippen LogP) is 2.63. The maximum atomic E-state index is 12.0. The summed E-state index contributed by atoms with van der Waals surface area (Å²) >= 11 is 0. The molecular formula is C19H18N4O3. The molecule has 7 nitrogen and oxygen atoms in total. The monoisotopic (exact) mass is 350 g/mol. The average Bonchev–Trinajstić information content (AvgIpc) is 3.21. The number of nitrogens with zero attached hydrogens (tertiary/aromatic N) is 3. The van der Waals surface area contributed by atoms with Crippen LogP contribution >= 0.6 is 0 Å². The summed E-state index contributed by atoms with van der Waals surface area (Å²) in [5, 5.41) is 6.70. The second-order valence-electron chi connectivity index (χ2n) is 5.56. The van der Waals surface area contributed by atoms with Crippen molar-refractivity contribution in [1.82, 2.24) is 14.8 Å². The van der Waals surface area contributed by atoms with Crippen LogP contribution in [0.15, 0.2) is 61.2 Å². The number of aryl methyl sites for hydroxylation is 1. The molecule has 0 fully saturated rings. The summed E-state index contributed by atoms with van der Waals surface area (Å²) < 4.78 is 6.63. The number of carbonyl (C=O) groups excluding carboxylic acids is 2. The van der Waals surface area contributed by atoms with Gasteiger partial charge in [0.15, 0.2) is 6.61 Å². The van der Waals surface area contributed by atoms with E-state index in [1.165, 1.54) is 11.9 Å². The van der Waals surface area contributed by atoms with Crippen molar-refractivity contribution >= 4 is 17.6 Å². The molecule has 0 aliphatic rings. The van der Waals surface area contributed by atoms with Crippen molar-refractivity contribution in [3.63, 3.8) is 0 Å². The van der Waals surface area contributed by atoms with Gasteiger partial charge in [-0.1, -0.05) is 19.1 Å². The number of benzene rings is 2. The molecule has 1 aromatic heterocycles. The molecule has 0 bridgehead atoms. The minimum absolute atomic E-state index is 0.348. The lowest BCUT2D eigenvalue weighted by Crippen LogP contribution is -2.20. The average molecular weight is 350 g/mol. The minimum atomic E-state index is -0.563. The molecule has 1 heterocycles. The van der Waals surface area contributed by atoms with Crippen LogP contribution in [0.25, 0.3) is 5.69 Å². The van der Waals surface area contributed by atoms with Gasteiger partial charge in [-0.2, -0.15) is 5.10 Å². The van der Waals surface area contributed by atoms with Crippen molar-refractivity contribution in [1.29, 1.82) is 0 Å². The van der Waals surface area contributed by atoms with Crippen molar-refractivity contribution in [2.45, 2.75) is 13.3 Å². The third-order valence-corrected chi connectivity index (χ3v) is 3.77. The van der Waals surface area contributed by atoms with Gasteiger partial charge in [-0.05, 0) is 48.4 Å². The van der Waals surface area contributed by atoms with Crippen LogP contribution in [0.3, 0.4) is 0 Å². The van der Waals surface area contributed by atoms with Crippen molar-refractivity contribution in [3.05, 3.63) is 72.3 Å². The Kier molecular flexibility index (Phi) is 5.38. The Balaban J connectivity index is 1.52. The fourth-order valence-corrected chi connectivity index (χ4v) is 2.33. The van der Waals surface area contributed by atoms with Gasteiger partial charge in [-0.15, -0.1) is 0 Å². The van der Waals surface area contributed by atoms with E-state index in [0.717, 1.165) is 12.1 Å². The molecule has 3 rings (SSSR count). The van der Waals surface area contributed by atoms with E-state index in [9.17, 15) is 9.59 Å². The molecule has 0 saturated heterocycles. The number of hydrogen-bond donors (Lipinski definition) is 1. The van der Waals surface area contributed by atoms with Crippen LogP contribution in [0.5, 0.6) is 0 Å². The third-order valence-electron chi connectivity index (χ3n) is 3.77. The van der Waals surface area contributed by atoms with Gasteiger partial charge in [0.2, 0.25) is 0 Å². The number of aromatic nitrogens is 3. The second kappa shape index (κ2) is 8.06. The summed E-state index contributed by atoms with van der Waals surface area (Å²) in [4.78, 5) is 27.8. The summed E-state index contributed by atoms with van der Waals surface area (Å²) in [5.41, 5.74) is 2.98. The lowest BCUT2D eigenvalue weighted by molar-refractivity contribution is -0.119. The van der Waals surface area contributed by atoms with Gasteiger partial charge < -0.3 is 10.1 Å². The molecule has 2 aromatic carbocycles. The van der Waals surface area contributed by atoms with Crippen LogP contribution in [0.1, 0.15) is 22.8 Å². The summed E-state index contributed by atoms with van der Waals surface area (Å²) in [5.74, 6) is -0.951. The highest BCUT2D eigenvalue weighted by atomic mass is 16.5. The SMILES string of the molecule is CCc1ccc(NC(=O)COC(=O)c2ccc(-n3cncn3)cc2)cc1. The number of nitrogens with one attached hydrogen (secondary N) is 1. The molecule has 1 amide bonds. The van der Waals surface area contributed by atoms with E-state index in [-0.39, 0.29) is 12.5 Å². The smallest absolute Gasteiger partial charge is 0.338 e. The molecule has 0 aliphatic carbocycles. The van der Waals surface area contributed by atoms with Gasteiger partial charge in [0.25, 0.3) is 5.91 Å². The van der Waals surface area contributed by atoms with Gasteiger partial charge in [-0.3, -0.25) is 4.79 Å². The van der Waals surface area contributed by atoms with Crippen LogP contribution in [0.4, 0.5) is 5.69 Å². The number of hydrogen-bond acceptors (Lipinski definition) is 5. The van der Waals surface area contributed by atoms with E-state index in [1.807, 2.05) is 24.3 Å². The van der Waals surface area contributed by atoms with E-state index in [4.69, 9.17) is 4.74 Å². The summed E-state index contributed by atoms with van der Waals surface area (Å²) in [6.45, 7) is 1.71. The van der Waals surface area contributed by atoms with Crippen molar-refractivity contribution in [2.24, 2.45) is 0 Å². The summed E-state index contributed by atoms with van der Waals surface area (Å²) in [7, 11) is 0. The molecule has 0 radical (unpaired) electrons. The van der Waals surface area contributed by atoms with E-state index in [1.54, 1.807) is 35.3 Å². The largest absolute Gasteiger partial charge is 0.452 e. The molecule has 0 atom stereocenters. The molecule has 1 N–H and O–H groups in total. The van der Waals surface area contributed by atoms with Gasteiger partial charge in [0, 0.05) is 5.69 Å². The van der Waals surface area contributed by atoms with Gasteiger partial charge in [0.05, 0.1) is 11.3 Å². The number of rotatable bonds is 6. The molecule has 0 aliphatic heterocycles. The molecule has 7 heteroatoms. The van der Waals surface area contributed by atoms with Crippen LogP contribution < -0.4 is 5.32 Å². The molecule has 132 valence electrons. The number of anilines is 1. The molecule has 26 heavy (non-hydrogen) atoms. The first-order chi connectivity index (χ1) is 12.7. The first-order valence-corrected chi connectivity index (χ1v) is 8.16. The lowest BCUT2D eigenvalue weighted by atomic mass is 10.1. The number of amides is 1. The molecular weight excluding hydrogens is 332 g/mol. The van der Waals surface area contributed by atoms with Crippen molar-refractivity contribution < 1.29 is 14.3 Å². The van der Waals surface area contributed by atoms with E-state index in [0.29, 0.717) is 11.3 Å². The summed E-state index contributed by atoms with van der Waals surface area (Å²) in [6, 6.07) is 14.2. The Morgan fingerprint density at radius 1 is 1.08 bits per heavy atom. The highest BCUT2D eigenvalue weighted by molar-refractivity contribution is 5.95. The van der Waals surface area contributed by atoms with Crippen LogP contribution in [0, 0.1) is 0 Å².